The predicted molar refractivity (Wildman–Crippen MR) is 119 cm³/mol. The lowest BCUT2D eigenvalue weighted by Gasteiger charge is -2.33. The Kier molecular flexibility index (Phi) is 4.23. The van der Waals surface area contributed by atoms with Crippen LogP contribution in [0.2, 0.25) is 0 Å². The fraction of sp³-hybridized carbons (Fsp3) is 0.240. The summed E-state index contributed by atoms with van der Waals surface area (Å²) in [6, 6.07) is 12.1. The van der Waals surface area contributed by atoms with E-state index in [1.165, 1.54) is 6.33 Å². The van der Waals surface area contributed by atoms with Crippen LogP contribution >= 0.6 is 0 Å². The van der Waals surface area contributed by atoms with Gasteiger partial charge in [-0.2, -0.15) is 0 Å². The van der Waals surface area contributed by atoms with Crippen LogP contribution in [0.1, 0.15) is 37.5 Å². The molecule has 0 unspecified atom stereocenters. The molecule has 0 aliphatic carbocycles. The molecule has 2 aromatic carbocycles. The highest BCUT2D eigenvalue weighted by Gasteiger charge is 2.47. The number of hydrogen-bond donors (Lipinski definition) is 1. The Morgan fingerprint density at radius 1 is 0.968 bits per heavy atom. The zero-order chi connectivity index (χ0) is 21.6. The first kappa shape index (κ1) is 19.1. The van der Waals surface area contributed by atoms with Crippen LogP contribution in [0.5, 0.6) is 11.5 Å². The zero-order valence-corrected chi connectivity index (χ0v) is 17.6. The van der Waals surface area contributed by atoms with E-state index < -0.39 is 5.54 Å². The molecule has 1 atom stereocenters. The van der Waals surface area contributed by atoms with E-state index in [1.807, 2.05) is 30.3 Å². The van der Waals surface area contributed by atoms with Gasteiger partial charge >= 0.3 is 0 Å². The van der Waals surface area contributed by atoms with E-state index in [0.717, 1.165) is 39.3 Å². The third kappa shape index (κ3) is 3.38. The Balaban J connectivity index is 1.69. The van der Waals surface area contributed by atoms with Gasteiger partial charge in [-0.25, -0.2) is 15.0 Å². The predicted octanol–water partition coefficient (Wildman–Crippen LogP) is 4.24. The van der Waals surface area contributed by atoms with E-state index in [2.05, 4.69) is 48.6 Å². The summed E-state index contributed by atoms with van der Waals surface area (Å²) >= 11 is 0. The largest absolute Gasteiger partial charge is 0.462 e. The summed E-state index contributed by atoms with van der Waals surface area (Å²) in [4.78, 5) is 13.0. The first-order chi connectivity index (χ1) is 14.8. The molecule has 3 aromatic rings. The minimum Gasteiger partial charge on any atom is -0.462 e. The van der Waals surface area contributed by atoms with Gasteiger partial charge in [0.1, 0.15) is 24.4 Å². The van der Waals surface area contributed by atoms with Crippen molar-refractivity contribution in [2.75, 3.05) is 6.61 Å². The molecule has 2 N–H and O–H groups in total. The van der Waals surface area contributed by atoms with E-state index >= 15 is 0 Å². The molecule has 3 heterocycles. The van der Waals surface area contributed by atoms with Gasteiger partial charge in [0.05, 0.1) is 0 Å². The number of nitrogens with zero attached hydrogens (tertiary/aromatic N) is 3. The van der Waals surface area contributed by atoms with Gasteiger partial charge in [-0.1, -0.05) is 17.9 Å². The molecule has 31 heavy (non-hydrogen) atoms. The highest BCUT2D eigenvalue weighted by atomic mass is 16.5. The summed E-state index contributed by atoms with van der Waals surface area (Å²) in [5, 5.41) is 0. The molecule has 0 saturated heterocycles. The van der Waals surface area contributed by atoms with Gasteiger partial charge < -0.3 is 15.2 Å². The van der Waals surface area contributed by atoms with Crippen molar-refractivity contribution in [1.29, 1.82) is 0 Å². The summed E-state index contributed by atoms with van der Waals surface area (Å²) in [7, 11) is 0. The minimum atomic E-state index is -0.794. The van der Waals surface area contributed by atoms with Crippen molar-refractivity contribution in [3.05, 3.63) is 71.8 Å². The average molecular weight is 410 g/mol. The van der Waals surface area contributed by atoms with Crippen molar-refractivity contribution in [3.8, 4) is 34.5 Å². The first-order valence-corrected chi connectivity index (χ1v) is 10.1. The number of ether oxygens (including phenoxy) is 2. The fourth-order valence-corrected chi connectivity index (χ4v) is 3.82. The van der Waals surface area contributed by atoms with Crippen LogP contribution < -0.4 is 10.5 Å². The molecule has 0 amide bonds. The summed E-state index contributed by atoms with van der Waals surface area (Å²) in [6.45, 7) is 6.56. The Morgan fingerprint density at radius 3 is 2.35 bits per heavy atom. The minimum absolute atomic E-state index is 0.0948. The van der Waals surface area contributed by atoms with Gasteiger partial charge in [0.15, 0.2) is 5.54 Å². The van der Waals surface area contributed by atoms with Crippen molar-refractivity contribution < 1.29 is 9.47 Å². The Bertz CT molecular complexity index is 1270. The molecular weight excluding hydrogens is 388 g/mol. The number of benzene rings is 2. The van der Waals surface area contributed by atoms with E-state index in [4.69, 9.17) is 20.2 Å². The number of aliphatic imine (C=N–C) groups is 1. The van der Waals surface area contributed by atoms with Gasteiger partial charge in [-0.05, 0) is 56.7 Å². The van der Waals surface area contributed by atoms with E-state index in [-0.39, 0.29) is 11.4 Å². The molecule has 5 rings (SSSR count). The van der Waals surface area contributed by atoms with Crippen LogP contribution in [0.25, 0.3) is 11.1 Å². The monoisotopic (exact) mass is 410 g/mol. The van der Waals surface area contributed by atoms with Crippen LogP contribution in [-0.4, -0.2) is 22.6 Å². The van der Waals surface area contributed by atoms with E-state index in [0.29, 0.717) is 6.61 Å². The van der Waals surface area contributed by atoms with Gasteiger partial charge in [0, 0.05) is 40.1 Å². The quantitative estimate of drug-likeness (QED) is 0.607. The Morgan fingerprint density at radius 2 is 1.68 bits per heavy atom. The van der Waals surface area contributed by atoms with Crippen molar-refractivity contribution in [2.45, 2.75) is 26.3 Å². The number of fused-ring (bicyclic) bond motifs is 4. The molecule has 1 aromatic heterocycles. The number of rotatable bonds is 1. The lowest BCUT2D eigenvalue weighted by molar-refractivity contribution is 0.264. The number of nitrogens with two attached hydrogens (primary N) is 1. The van der Waals surface area contributed by atoms with Gasteiger partial charge in [-0.15, -0.1) is 0 Å². The number of amidine groups is 1. The van der Waals surface area contributed by atoms with Crippen LogP contribution in [0, 0.1) is 17.3 Å². The molecule has 0 saturated carbocycles. The third-order valence-corrected chi connectivity index (χ3v) is 5.28. The lowest BCUT2D eigenvalue weighted by Crippen LogP contribution is -2.31. The topological polar surface area (TPSA) is 82.6 Å². The van der Waals surface area contributed by atoms with Crippen molar-refractivity contribution in [1.82, 2.24) is 9.97 Å². The normalized spacial score (nSPS) is 18.7. The number of aromatic nitrogens is 2. The highest BCUT2D eigenvalue weighted by Crippen LogP contribution is 2.51. The van der Waals surface area contributed by atoms with Crippen LogP contribution in [0.15, 0.2) is 60.1 Å². The van der Waals surface area contributed by atoms with Crippen molar-refractivity contribution >= 4 is 6.02 Å². The standard InChI is InChI=1S/C25H22N4O2/c1-24(2,3)9-8-16-4-6-21-19(10-16)25(14-30-23(26)29-25)20-11-17(5-7-22(20)31-21)18-12-27-15-28-13-18/h4-7,10-13,15H,14H2,1-3H3,(H2,26,29)/t25-/m0/s1. The van der Waals surface area contributed by atoms with Gasteiger partial charge in [0.25, 0.3) is 6.02 Å². The second kappa shape index (κ2) is 6.85. The highest BCUT2D eigenvalue weighted by molar-refractivity contribution is 5.78. The maximum atomic E-state index is 6.25. The Labute approximate surface area is 181 Å². The summed E-state index contributed by atoms with van der Waals surface area (Å²) < 4.78 is 11.9. The van der Waals surface area contributed by atoms with E-state index in [1.54, 1.807) is 12.4 Å². The molecule has 6 heteroatoms. The molecule has 0 bridgehead atoms. The maximum absolute atomic E-state index is 6.25. The molecule has 2 aliphatic heterocycles. The molecule has 154 valence electrons. The van der Waals surface area contributed by atoms with Gasteiger partial charge in [-0.3, -0.25) is 0 Å². The molecule has 0 radical (unpaired) electrons. The second-order valence-electron chi connectivity index (χ2n) is 8.75. The summed E-state index contributed by atoms with van der Waals surface area (Å²) in [6.07, 6.45) is 5.07. The van der Waals surface area contributed by atoms with E-state index in [9.17, 15) is 0 Å². The van der Waals surface area contributed by atoms with Crippen LogP contribution in [0.4, 0.5) is 0 Å². The Hall–Kier alpha value is -3.85. The molecule has 6 nitrogen and oxygen atoms in total. The van der Waals surface area contributed by atoms with Crippen molar-refractivity contribution in [3.63, 3.8) is 0 Å². The SMILES string of the molecule is CC(C)(C)C#Cc1ccc2c(c1)[C@@]1(COC(N)=N1)c1cc(-c3cncnc3)ccc1O2. The summed E-state index contributed by atoms with van der Waals surface area (Å²) in [5.41, 5.74) is 9.66. The molecular formula is C25H22N4O2. The third-order valence-electron chi connectivity index (χ3n) is 5.28. The summed E-state index contributed by atoms with van der Waals surface area (Å²) in [5.74, 6) is 8.01. The molecule has 0 fully saturated rings. The van der Waals surface area contributed by atoms with Crippen LogP contribution in [0.3, 0.4) is 0 Å². The second-order valence-corrected chi connectivity index (χ2v) is 8.75. The smallest absolute Gasteiger partial charge is 0.283 e. The average Bonchev–Trinajstić information content (AvgIpc) is 3.15. The van der Waals surface area contributed by atoms with Crippen molar-refractivity contribution in [2.24, 2.45) is 16.1 Å². The lowest BCUT2D eigenvalue weighted by atomic mass is 9.80. The van der Waals surface area contributed by atoms with Gasteiger partial charge in [0.2, 0.25) is 0 Å². The molecule has 2 aliphatic rings. The zero-order valence-electron chi connectivity index (χ0n) is 17.6. The first-order valence-electron chi connectivity index (χ1n) is 10.1. The number of hydrogen-bond acceptors (Lipinski definition) is 6. The fourth-order valence-electron chi connectivity index (χ4n) is 3.82. The van der Waals surface area contributed by atoms with Crippen LogP contribution in [-0.2, 0) is 10.3 Å². The molecule has 1 spiro atoms. The maximum Gasteiger partial charge on any atom is 0.283 e.